The number of amides is 1. The summed E-state index contributed by atoms with van der Waals surface area (Å²) in [4.78, 5) is 12.2. The second-order valence-electron chi connectivity index (χ2n) is 3.18. The first kappa shape index (κ1) is 11.2. The second-order valence-corrected chi connectivity index (χ2v) is 4.41. The van der Waals surface area contributed by atoms with Crippen LogP contribution in [0.15, 0.2) is 0 Å². The molecule has 14 heavy (non-hydrogen) atoms. The Kier molecular flexibility index (Phi) is 3.66. The SMILES string of the molecule is CCc1c(C)sc(NC(C)=O)c1CN. The number of aryl methyl sites for hydroxylation is 1. The van der Waals surface area contributed by atoms with Crippen LogP contribution in [0, 0.1) is 6.92 Å². The summed E-state index contributed by atoms with van der Waals surface area (Å²) in [5.74, 6) is -0.0383. The lowest BCUT2D eigenvalue weighted by atomic mass is 10.1. The number of carbonyl (C=O) groups is 1. The molecule has 0 saturated heterocycles. The minimum Gasteiger partial charge on any atom is -0.326 e. The average molecular weight is 212 g/mol. The Labute approximate surface area is 88.3 Å². The molecule has 1 aromatic rings. The van der Waals surface area contributed by atoms with E-state index in [-0.39, 0.29) is 5.91 Å². The normalized spacial score (nSPS) is 10.3. The minimum atomic E-state index is -0.0383. The maximum atomic E-state index is 10.9. The summed E-state index contributed by atoms with van der Waals surface area (Å²) in [6.07, 6.45) is 0.967. The predicted octanol–water partition coefficient (Wildman–Crippen LogP) is 2.04. The van der Waals surface area contributed by atoms with Crippen LogP contribution >= 0.6 is 11.3 Å². The quantitative estimate of drug-likeness (QED) is 0.805. The fourth-order valence-electron chi connectivity index (χ4n) is 1.56. The molecule has 0 aliphatic rings. The maximum Gasteiger partial charge on any atom is 0.221 e. The highest BCUT2D eigenvalue weighted by molar-refractivity contribution is 7.16. The summed E-state index contributed by atoms with van der Waals surface area (Å²) >= 11 is 1.61. The van der Waals surface area contributed by atoms with Gasteiger partial charge < -0.3 is 11.1 Å². The molecule has 1 aromatic heterocycles. The lowest BCUT2D eigenvalue weighted by Gasteiger charge is -2.03. The van der Waals surface area contributed by atoms with Gasteiger partial charge in [0.05, 0.1) is 5.00 Å². The van der Waals surface area contributed by atoms with Crippen molar-refractivity contribution in [2.45, 2.75) is 33.7 Å². The molecule has 0 saturated carbocycles. The van der Waals surface area contributed by atoms with E-state index >= 15 is 0 Å². The molecule has 0 spiro atoms. The summed E-state index contributed by atoms with van der Waals surface area (Å²) in [5, 5.41) is 3.73. The summed E-state index contributed by atoms with van der Waals surface area (Å²) < 4.78 is 0. The van der Waals surface area contributed by atoms with Crippen LogP contribution in [-0.2, 0) is 17.8 Å². The Morgan fingerprint density at radius 1 is 1.50 bits per heavy atom. The van der Waals surface area contributed by atoms with E-state index in [9.17, 15) is 4.79 Å². The van der Waals surface area contributed by atoms with Crippen molar-refractivity contribution in [3.05, 3.63) is 16.0 Å². The lowest BCUT2D eigenvalue weighted by Crippen LogP contribution is -2.08. The Bertz CT molecular complexity index is 344. The fraction of sp³-hybridized carbons (Fsp3) is 0.500. The van der Waals surface area contributed by atoms with Crippen LogP contribution in [0.2, 0.25) is 0 Å². The van der Waals surface area contributed by atoms with Crippen LogP contribution < -0.4 is 11.1 Å². The van der Waals surface area contributed by atoms with Crippen LogP contribution in [0.1, 0.15) is 29.9 Å². The van der Waals surface area contributed by atoms with E-state index in [0.29, 0.717) is 6.54 Å². The highest BCUT2D eigenvalue weighted by Crippen LogP contribution is 2.32. The van der Waals surface area contributed by atoms with Crippen LogP contribution in [0.25, 0.3) is 0 Å². The topological polar surface area (TPSA) is 55.1 Å². The standard InChI is InChI=1S/C10H16N2OS/c1-4-8-6(2)14-10(9(8)5-11)12-7(3)13/h4-5,11H2,1-3H3,(H,12,13). The molecule has 0 bridgehead atoms. The van der Waals surface area contributed by atoms with E-state index in [0.717, 1.165) is 17.0 Å². The van der Waals surface area contributed by atoms with Gasteiger partial charge in [-0.25, -0.2) is 0 Å². The van der Waals surface area contributed by atoms with Gasteiger partial charge in [-0.3, -0.25) is 4.79 Å². The number of hydrogen-bond donors (Lipinski definition) is 2. The Hall–Kier alpha value is -0.870. The van der Waals surface area contributed by atoms with Crippen LogP contribution in [0.4, 0.5) is 5.00 Å². The van der Waals surface area contributed by atoms with E-state index in [1.165, 1.54) is 17.4 Å². The van der Waals surface area contributed by atoms with Crippen LogP contribution in [0.3, 0.4) is 0 Å². The van der Waals surface area contributed by atoms with E-state index in [1.54, 1.807) is 11.3 Å². The molecule has 3 nitrogen and oxygen atoms in total. The average Bonchev–Trinajstić information content (AvgIpc) is 2.39. The molecular weight excluding hydrogens is 196 g/mol. The number of hydrogen-bond acceptors (Lipinski definition) is 3. The Balaban J connectivity index is 3.10. The van der Waals surface area contributed by atoms with Crippen molar-refractivity contribution < 1.29 is 4.79 Å². The Morgan fingerprint density at radius 3 is 2.57 bits per heavy atom. The first-order valence-electron chi connectivity index (χ1n) is 4.68. The smallest absolute Gasteiger partial charge is 0.221 e. The zero-order chi connectivity index (χ0) is 10.7. The number of anilines is 1. The van der Waals surface area contributed by atoms with Crippen molar-refractivity contribution in [3.63, 3.8) is 0 Å². The van der Waals surface area contributed by atoms with Gasteiger partial charge in [0.25, 0.3) is 0 Å². The maximum absolute atomic E-state index is 10.9. The number of carbonyl (C=O) groups excluding carboxylic acids is 1. The molecule has 0 aromatic carbocycles. The zero-order valence-electron chi connectivity index (χ0n) is 8.81. The lowest BCUT2D eigenvalue weighted by molar-refractivity contribution is -0.114. The molecule has 1 rings (SSSR count). The molecule has 1 heterocycles. The largest absolute Gasteiger partial charge is 0.326 e. The van der Waals surface area contributed by atoms with Gasteiger partial charge in [-0.15, -0.1) is 11.3 Å². The number of nitrogens with one attached hydrogen (secondary N) is 1. The molecule has 1 amide bonds. The third-order valence-corrected chi connectivity index (χ3v) is 3.27. The summed E-state index contributed by atoms with van der Waals surface area (Å²) in [7, 11) is 0. The van der Waals surface area contributed by atoms with E-state index in [4.69, 9.17) is 5.73 Å². The number of rotatable bonds is 3. The van der Waals surface area contributed by atoms with Gasteiger partial charge in [-0.05, 0) is 18.9 Å². The molecule has 0 aliphatic heterocycles. The van der Waals surface area contributed by atoms with Crippen molar-refractivity contribution >= 4 is 22.2 Å². The van der Waals surface area contributed by atoms with Gasteiger partial charge in [0.2, 0.25) is 5.91 Å². The van der Waals surface area contributed by atoms with Crippen molar-refractivity contribution in [1.29, 1.82) is 0 Å². The predicted molar refractivity (Wildman–Crippen MR) is 60.6 cm³/mol. The second kappa shape index (κ2) is 4.57. The van der Waals surface area contributed by atoms with Gasteiger partial charge in [0, 0.05) is 23.9 Å². The third-order valence-electron chi connectivity index (χ3n) is 2.17. The molecule has 0 atom stereocenters. The van der Waals surface area contributed by atoms with Crippen molar-refractivity contribution in [1.82, 2.24) is 0 Å². The first-order chi connectivity index (χ1) is 6.60. The molecule has 0 unspecified atom stereocenters. The van der Waals surface area contributed by atoms with Crippen molar-refractivity contribution in [3.8, 4) is 0 Å². The van der Waals surface area contributed by atoms with Gasteiger partial charge in [-0.1, -0.05) is 6.92 Å². The zero-order valence-corrected chi connectivity index (χ0v) is 9.62. The summed E-state index contributed by atoms with van der Waals surface area (Å²) in [6.45, 7) is 6.17. The highest BCUT2D eigenvalue weighted by Gasteiger charge is 2.13. The molecule has 3 N–H and O–H groups in total. The van der Waals surface area contributed by atoms with Gasteiger partial charge in [-0.2, -0.15) is 0 Å². The molecule has 0 aliphatic carbocycles. The summed E-state index contributed by atoms with van der Waals surface area (Å²) in [6, 6.07) is 0. The Morgan fingerprint density at radius 2 is 2.14 bits per heavy atom. The molecule has 78 valence electrons. The fourth-order valence-corrected chi connectivity index (χ4v) is 2.79. The number of thiophene rings is 1. The molecular formula is C10H16N2OS. The molecule has 0 fully saturated rings. The third kappa shape index (κ3) is 2.13. The van der Waals surface area contributed by atoms with Gasteiger partial charge in [0.15, 0.2) is 0 Å². The molecule has 0 radical (unpaired) electrons. The van der Waals surface area contributed by atoms with Gasteiger partial charge >= 0.3 is 0 Å². The monoisotopic (exact) mass is 212 g/mol. The van der Waals surface area contributed by atoms with Crippen LogP contribution in [0.5, 0.6) is 0 Å². The first-order valence-corrected chi connectivity index (χ1v) is 5.50. The molecule has 4 heteroatoms. The van der Waals surface area contributed by atoms with E-state index in [2.05, 4.69) is 19.2 Å². The minimum absolute atomic E-state index is 0.0383. The summed E-state index contributed by atoms with van der Waals surface area (Å²) in [5.41, 5.74) is 8.04. The highest BCUT2D eigenvalue weighted by atomic mass is 32.1. The van der Waals surface area contributed by atoms with Crippen LogP contribution in [-0.4, -0.2) is 5.91 Å². The van der Waals surface area contributed by atoms with Gasteiger partial charge in [0.1, 0.15) is 0 Å². The number of nitrogens with two attached hydrogens (primary N) is 1. The van der Waals surface area contributed by atoms with Crippen molar-refractivity contribution in [2.24, 2.45) is 5.73 Å². The van der Waals surface area contributed by atoms with E-state index < -0.39 is 0 Å². The van der Waals surface area contributed by atoms with Crippen molar-refractivity contribution in [2.75, 3.05) is 5.32 Å². The van der Waals surface area contributed by atoms with E-state index in [1.807, 2.05) is 0 Å².